The van der Waals surface area contributed by atoms with Crippen molar-refractivity contribution in [2.45, 2.75) is 0 Å². The molecule has 0 radical (unpaired) electrons. The van der Waals surface area contributed by atoms with E-state index in [9.17, 15) is 0 Å². The maximum absolute atomic E-state index is 8.61. The Labute approximate surface area is 131 Å². The highest BCUT2D eigenvalue weighted by molar-refractivity contribution is 5.78. The lowest BCUT2D eigenvalue weighted by Crippen LogP contribution is -2.31. The summed E-state index contributed by atoms with van der Waals surface area (Å²) in [5.41, 5.74) is 1.48. The molecule has 0 fully saturated rings. The summed E-state index contributed by atoms with van der Waals surface area (Å²) >= 11 is 0. The zero-order chi connectivity index (χ0) is 16.1. The lowest BCUT2D eigenvalue weighted by molar-refractivity contribution is -0.627. The highest BCUT2D eigenvalue weighted by Crippen LogP contribution is 2.08. The first-order valence-corrected chi connectivity index (χ1v) is 6.78. The minimum Gasteiger partial charge on any atom is -0.411 e. The number of oxime groups is 2. The van der Waals surface area contributed by atoms with Crippen molar-refractivity contribution in [3.05, 3.63) is 72.3 Å². The molecule has 0 aliphatic carbocycles. The van der Waals surface area contributed by atoms with Gasteiger partial charge in [-0.2, -0.15) is 0 Å². The van der Waals surface area contributed by atoms with Crippen LogP contribution in [0.15, 0.2) is 75.9 Å². The first kappa shape index (κ1) is 14.5. The number of aromatic nitrogens is 2. The first-order valence-electron chi connectivity index (χ1n) is 6.78. The highest BCUT2D eigenvalue weighted by atomic mass is 16.4. The zero-order valence-corrected chi connectivity index (χ0v) is 12.0. The Morgan fingerprint density at radius 3 is 1.70 bits per heavy atom. The molecule has 7 heteroatoms. The van der Waals surface area contributed by atoms with Crippen molar-refractivity contribution >= 4 is 12.4 Å². The number of hydrogen-bond donors (Lipinski definition) is 2. The number of rotatable bonds is 4. The van der Waals surface area contributed by atoms with E-state index < -0.39 is 0 Å². The third kappa shape index (κ3) is 3.24. The van der Waals surface area contributed by atoms with Crippen LogP contribution in [0.3, 0.4) is 0 Å². The predicted molar refractivity (Wildman–Crippen MR) is 80.5 cm³/mol. The SMILES string of the molecule is O/N=C/c1ccc[n+](-c2ccc(-[n+]3cccc(/C=N/O)c3)o2)c1. The maximum Gasteiger partial charge on any atom is 0.383 e. The second kappa shape index (κ2) is 6.52. The molecule has 0 amide bonds. The van der Waals surface area contributed by atoms with Crippen LogP contribution in [0.5, 0.6) is 0 Å². The van der Waals surface area contributed by atoms with Gasteiger partial charge in [-0.05, 0) is 12.1 Å². The minimum absolute atomic E-state index is 0.613. The zero-order valence-electron chi connectivity index (χ0n) is 12.0. The van der Waals surface area contributed by atoms with Crippen molar-refractivity contribution < 1.29 is 24.0 Å². The highest BCUT2D eigenvalue weighted by Gasteiger charge is 2.18. The minimum atomic E-state index is 0.613. The molecule has 114 valence electrons. The first-order chi connectivity index (χ1) is 11.3. The largest absolute Gasteiger partial charge is 0.411 e. The van der Waals surface area contributed by atoms with E-state index in [0.29, 0.717) is 11.8 Å². The molecule has 0 aliphatic heterocycles. The second-order valence-corrected chi connectivity index (χ2v) is 4.69. The van der Waals surface area contributed by atoms with Crippen LogP contribution in [0.4, 0.5) is 0 Å². The molecule has 0 aliphatic rings. The van der Waals surface area contributed by atoms with E-state index in [1.807, 2.05) is 48.8 Å². The summed E-state index contributed by atoms with van der Waals surface area (Å²) in [6, 6.07) is 10.9. The Morgan fingerprint density at radius 2 is 1.26 bits per heavy atom. The lowest BCUT2D eigenvalue weighted by atomic mass is 10.3. The monoisotopic (exact) mass is 310 g/mol. The van der Waals surface area contributed by atoms with Gasteiger partial charge in [0.2, 0.25) is 0 Å². The molecule has 3 aromatic rings. The molecule has 0 bridgehead atoms. The van der Waals surface area contributed by atoms with Crippen LogP contribution in [-0.2, 0) is 0 Å². The van der Waals surface area contributed by atoms with Gasteiger partial charge in [0.1, 0.15) is 0 Å². The van der Waals surface area contributed by atoms with Gasteiger partial charge in [0.15, 0.2) is 24.8 Å². The van der Waals surface area contributed by atoms with Crippen molar-refractivity contribution in [3.63, 3.8) is 0 Å². The third-order valence-electron chi connectivity index (χ3n) is 3.15. The second-order valence-electron chi connectivity index (χ2n) is 4.69. The molecule has 0 spiro atoms. The summed E-state index contributed by atoms with van der Waals surface area (Å²) in [7, 11) is 0. The molecule has 0 saturated carbocycles. The average Bonchev–Trinajstić information content (AvgIpc) is 3.06. The summed E-state index contributed by atoms with van der Waals surface area (Å²) in [6.07, 6.45) is 9.90. The third-order valence-corrected chi connectivity index (χ3v) is 3.15. The Kier molecular flexibility index (Phi) is 4.10. The Hall–Kier alpha value is -3.48. The fraction of sp³-hybridized carbons (Fsp3) is 0. The molecule has 0 aromatic carbocycles. The molecule has 23 heavy (non-hydrogen) atoms. The van der Waals surface area contributed by atoms with Gasteiger partial charge in [-0.25, -0.2) is 0 Å². The van der Waals surface area contributed by atoms with Crippen LogP contribution in [0.25, 0.3) is 11.8 Å². The van der Waals surface area contributed by atoms with Crippen molar-refractivity contribution in [2.75, 3.05) is 0 Å². The van der Waals surface area contributed by atoms with Crippen LogP contribution < -0.4 is 9.13 Å². The number of pyridine rings is 2. The van der Waals surface area contributed by atoms with Gasteiger partial charge in [-0.3, -0.25) is 0 Å². The fourth-order valence-electron chi connectivity index (χ4n) is 2.14. The molecular weight excluding hydrogens is 296 g/mol. The molecule has 3 heterocycles. The summed E-state index contributed by atoms with van der Waals surface area (Å²) in [4.78, 5) is 0. The normalized spacial score (nSPS) is 11.5. The molecule has 3 aromatic heterocycles. The molecule has 0 saturated heterocycles. The number of furan rings is 1. The van der Waals surface area contributed by atoms with Crippen LogP contribution in [-0.4, -0.2) is 22.8 Å². The molecule has 2 N–H and O–H groups in total. The molecule has 7 nitrogen and oxygen atoms in total. The van der Waals surface area contributed by atoms with Gasteiger partial charge in [0.25, 0.3) is 0 Å². The van der Waals surface area contributed by atoms with E-state index in [0.717, 1.165) is 11.1 Å². The van der Waals surface area contributed by atoms with E-state index in [1.54, 1.807) is 21.5 Å². The molecular formula is C16H14N4O3+2. The summed E-state index contributed by atoms with van der Waals surface area (Å²) in [6.45, 7) is 0. The van der Waals surface area contributed by atoms with Crippen LogP contribution in [0, 0.1) is 0 Å². The van der Waals surface area contributed by atoms with Gasteiger partial charge in [-0.1, -0.05) is 10.3 Å². The quantitative estimate of drug-likeness (QED) is 0.331. The Bertz CT molecular complexity index is 801. The molecule has 0 unspecified atom stereocenters. The van der Waals surface area contributed by atoms with E-state index in [2.05, 4.69) is 10.3 Å². The Morgan fingerprint density at radius 1 is 0.783 bits per heavy atom. The van der Waals surface area contributed by atoms with Crippen molar-refractivity contribution in [1.82, 2.24) is 0 Å². The maximum atomic E-state index is 8.61. The van der Waals surface area contributed by atoms with Crippen molar-refractivity contribution in [2.24, 2.45) is 10.3 Å². The van der Waals surface area contributed by atoms with Gasteiger partial charge in [-0.15, -0.1) is 9.13 Å². The van der Waals surface area contributed by atoms with E-state index in [4.69, 9.17) is 14.8 Å². The van der Waals surface area contributed by atoms with E-state index >= 15 is 0 Å². The lowest BCUT2D eigenvalue weighted by Gasteiger charge is -1.93. The molecule has 3 rings (SSSR count). The predicted octanol–water partition coefficient (Wildman–Crippen LogP) is 1.45. The Balaban J connectivity index is 1.94. The van der Waals surface area contributed by atoms with Gasteiger partial charge < -0.3 is 14.8 Å². The van der Waals surface area contributed by atoms with Crippen LogP contribution >= 0.6 is 0 Å². The van der Waals surface area contributed by atoms with E-state index in [1.165, 1.54) is 12.4 Å². The van der Waals surface area contributed by atoms with Gasteiger partial charge >= 0.3 is 11.8 Å². The number of nitrogens with zero attached hydrogens (tertiary/aromatic N) is 4. The van der Waals surface area contributed by atoms with Crippen LogP contribution in [0.2, 0.25) is 0 Å². The van der Waals surface area contributed by atoms with Crippen molar-refractivity contribution in [1.29, 1.82) is 0 Å². The summed E-state index contributed by atoms with van der Waals surface area (Å²) < 4.78 is 9.39. The average molecular weight is 310 g/mol. The number of hydrogen-bond acceptors (Lipinski definition) is 5. The fourth-order valence-corrected chi connectivity index (χ4v) is 2.14. The van der Waals surface area contributed by atoms with Gasteiger partial charge in [0.05, 0.1) is 35.7 Å². The van der Waals surface area contributed by atoms with Gasteiger partial charge in [0, 0.05) is 12.1 Å². The standard InChI is InChI=1S/C16H12N4O3/c21-17-9-13-3-1-7-19(11-13)15-5-6-16(23-15)20-8-2-4-14(12-20)10-18-22/h1-12H/p+2/b17-9+,18-10+. The summed E-state index contributed by atoms with van der Waals surface area (Å²) in [5.74, 6) is 1.23. The van der Waals surface area contributed by atoms with E-state index in [-0.39, 0.29) is 0 Å². The van der Waals surface area contributed by atoms with Crippen molar-refractivity contribution in [3.8, 4) is 11.8 Å². The smallest absolute Gasteiger partial charge is 0.383 e. The summed E-state index contributed by atoms with van der Waals surface area (Å²) in [5, 5.41) is 23.2. The van der Waals surface area contributed by atoms with Crippen LogP contribution in [0.1, 0.15) is 11.1 Å². The molecule has 0 atom stereocenters. The topological polar surface area (TPSA) is 86.1 Å².